The molecule has 4 heteroatoms. The lowest BCUT2D eigenvalue weighted by atomic mass is 10.2. The molecule has 0 radical (unpaired) electrons. The van der Waals surface area contributed by atoms with E-state index >= 15 is 0 Å². The van der Waals surface area contributed by atoms with Crippen LogP contribution in [0.1, 0.15) is 13.3 Å². The molecule has 4 nitrogen and oxygen atoms in total. The summed E-state index contributed by atoms with van der Waals surface area (Å²) in [6, 6.07) is 7.62. The van der Waals surface area contributed by atoms with E-state index in [2.05, 4.69) is 0 Å². The molecule has 1 N–H and O–H groups in total. The monoisotopic (exact) mass is 223 g/mol. The van der Waals surface area contributed by atoms with Crippen molar-refractivity contribution in [1.82, 2.24) is 0 Å². The normalized spacial score (nSPS) is 9.88. The Balaban J connectivity index is 2.73. The van der Waals surface area contributed by atoms with Gasteiger partial charge in [-0.25, -0.2) is 0 Å². The molecule has 0 spiro atoms. The second kappa shape index (κ2) is 6.00. The zero-order valence-corrected chi connectivity index (χ0v) is 9.64. The predicted octanol–water partition coefficient (Wildman–Crippen LogP) is 2.00. The van der Waals surface area contributed by atoms with Gasteiger partial charge in [-0.1, -0.05) is 12.1 Å². The number of anilines is 1. The van der Waals surface area contributed by atoms with Crippen LogP contribution in [0.3, 0.4) is 0 Å². The molecule has 0 amide bonds. The maximum atomic E-state index is 10.5. The fraction of sp³-hybridized carbons (Fsp3) is 0.417. The van der Waals surface area contributed by atoms with Gasteiger partial charge in [-0.05, 0) is 19.1 Å². The molecule has 1 aromatic rings. The van der Waals surface area contributed by atoms with Crippen molar-refractivity contribution in [1.29, 1.82) is 0 Å². The number of carboxylic acids is 1. The molecule has 0 saturated heterocycles. The first-order valence-corrected chi connectivity index (χ1v) is 5.30. The summed E-state index contributed by atoms with van der Waals surface area (Å²) in [5, 5.41) is 8.62. The Labute approximate surface area is 95.5 Å². The van der Waals surface area contributed by atoms with Gasteiger partial charge in [-0.15, -0.1) is 0 Å². The summed E-state index contributed by atoms with van der Waals surface area (Å²) >= 11 is 0. The molecule has 0 atom stereocenters. The van der Waals surface area contributed by atoms with Crippen molar-refractivity contribution in [2.24, 2.45) is 0 Å². The van der Waals surface area contributed by atoms with Gasteiger partial charge in [0, 0.05) is 13.6 Å². The van der Waals surface area contributed by atoms with Crippen molar-refractivity contribution in [2.45, 2.75) is 13.3 Å². The minimum absolute atomic E-state index is 0.122. The molecule has 0 unspecified atom stereocenters. The Morgan fingerprint density at radius 2 is 2.12 bits per heavy atom. The van der Waals surface area contributed by atoms with E-state index in [1.165, 1.54) is 0 Å². The second-order valence-electron chi connectivity index (χ2n) is 3.47. The summed E-state index contributed by atoms with van der Waals surface area (Å²) in [7, 11) is 1.86. The zero-order chi connectivity index (χ0) is 12.0. The molecule has 0 heterocycles. The third-order valence-electron chi connectivity index (χ3n) is 2.24. The Bertz CT molecular complexity index is 352. The first-order valence-electron chi connectivity index (χ1n) is 5.30. The number of hydrogen-bond donors (Lipinski definition) is 1. The molecule has 0 aliphatic heterocycles. The number of para-hydroxylation sites is 2. The Morgan fingerprint density at radius 1 is 1.44 bits per heavy atom. The fourth-order valence-electron chi connectivity index (χ4n) is 1.43. The van der Waals surface area contributed by atoms with Crippen molar-refractivity contribution in [3.63, 3.8) is 0 Å². The highest BCUT2D eigenvalue weighted by atomic mass is 16.5. The minimum atomic E-state index is -0.791. The summed E-state index contributed by atoms with van der Waals surface area (Å²) in [4.78, 5) is 12.4. The molecular formula is C12H17NO3. The van der Waals surface area contributed by atoms with Gasteiger partial charge in [0.25, 0.3) is 0 Å². The van der Waals surface area contributed by atoms with Crippen LogP contribution in [0.2, 0.25) is 0 Å². The standard InChI is InChI=1S/C12H17NO3/c1-3-16-11-7-5-4-6-10(11)13(2)9-8-12(14)15/h4-7H,3,8-9H2,1-2H3,(H,14,15). The van der Waals surface area contributed by atoms with Crippen LogP contribution in [0.5, 0.6) is 5.75 Å². The van der Waals surface area contributed by atoms with E-state index in [0.717, 1.165) is 11.4 Å². The Hall–Kier alpha value is -1.71. The van der Waals surface area contributed by atoms with Gasteiger partial charge in [0.05, 0.1) is 18.7 Å². The molecule has 16 heavy (non-hydrogen) atoms. The largest absolute Gasteiger partial charge is 0.492 e. The number of aliphatic carboxylic acids is 1. The van der Waals surface area contributed by atoms with Crippen LogP contribution in [0.25, 0.3) is 0 Å². The van der Waals surface area contributed by atoms with Gasteiger partial charge in [0.15, 0.2) is 0 Å². The highest BCUT2D eigenvalue weighted by molar-refractivity contribution is 5.68. The highest BCUT2D eigenvalue weighted by Crippen LogP contribution is 2.26. The van der Waals surface area contributed by atoms with Gasteiger partial charge < -0.3 is 14.7 Å². The molecule has 0 bridgehead atoms. The maximum Gasteiger partial charge on any atom is 0.305 e. The van der Waals surface area contributed by atoms with E-state index < -0.39 is 5.97 Å². The van der Waals surface area contributed by atoms with E-state index in [1.807, 2.05) is 43.1 Å². The number of ether oxygens (including phenoxy) is 1. The Morgan fingerprint density at radius 3 is 2.75 bits per heavy atom. The number of carboxylic acid groups (broad SMARTS) is 1. The van der Waals surface area contributed by atoms with E-state index in [-0.39, 0.29) is 6.42 Å². The smallest absolute Gasteiger partial charge is 0.305 e. The summed E-state index contributed by atoms with van der Waals surface area (Å²) in [5.74, 6) is -0.00127. The summed E-state index contributed by atoms with van der Waals surface area (Å²) < 4.78 is 5.48. The van der Waals surface area contributed by atoms with Crippen molar-refractivity contribution < 1.29 is 14.6 Å². The molecule has 0 aliphatic rings. The number of rotatable bonds is 6. The second-order valence-corrected chi connectivity index (χ2v) is 3.47. The first-order chi connectivity index (χ1) is 7.65. The zero-order valence-electron chi connectivity index (χ0n) is 9.64. The van der Waals surface area contributed by atoms with Crippen LogP contribution < -0.4 is 9.64 Å². The third-order valence-corrected chi connectivity index (χ3v) is 2.24. The van der Waals surface area contributed by atoms with Crippen molar-refractivity contribution in [3.05, 3.63) is 24.3 Å². The van der Waals surface area contributed by atoms with Crippen LogP contribution in [-0.2, 0) is 4.79 Å². The molecular weight excluding hydrogens is 206 g/mol. The molecule has 0 fully saturated rings. The van der Waals surface area contributed by atoms with Crippen LogP contribution in [-0.4, -0.2) is 31.3 Å². The van der Waals surface area contributed by atoms with Crippen LogP contribution in [0.4, 0.5) is 5.69 Å². The predicted molar refractivity (Wildman–Crippen MR) is 63.1 cm³/mol. The average molecular weight is 223 g/mol. The lowest BCUT2D eigenvalue weighted by molar-refractivity contribution is -0.136. The lowest BCUT2D eigenvalue weighted by Gasteiger charge is -2.21. The van der Waals surface area contributed by atoms with Gasteiger partial charge in [0.1, 0.15) is 5.75 Å². The molecule has 88 valence electrons. The van der Waals surface area contributed by atoms with E-state index in [0.29, 0.717) is 13.2 Å². The summed E-state index contributed by atoms with van der Waals surface area (Å²) in [6.07, 6.45) is 0.122. The van der Waals surface area contributed by atoms with Gasteiger partial charge in [-0.3, -0.25) is 4.79 Å². The molecule has 1 aromatic carbocycles. The molecule has 1 rings (SSSR count). The molecule has 0 aromatic heterocycles. The third kappa shape index (κ3) is 3.46. The van der Waals surface area contributed by atoms with E-state index in [9.17, 15) is 4.79 Å². The van der Waals surface area contributed by atoms with Gasteiger partial charge >= 0.3 is 5.97 Å². The van der Waals surface area contributed by atoms with Crippen molar-refractivity contribution >= 4 is 11.7 Å². The SMILES string of the molecule is CCOc1ccccc1N(C)CCC(=O)O. The number of nitrogens with zero attached hydrogens (tertiary/aromatic N) is 1. The van der Waals surface area contributed by atoms with Crippen molar-refractivity contribution in [2.75, 3.05) is 25.1 Å². The average Bonchev–Trinajstić information content (AvgIpc) is 2.27. The highest BCUT2D eigenvalue weighted by Gasteiger charge is 2.08. The Kier molecular flexibility index (Phi) is 4.64. The van der Waals surface area contributed by atoms with Gasteiger partial charge in [-0.2, -0.15) is 0 Å². The number of carbonyl (C=O) groups is 1. The quantitative estimate of drug-likeness (QED) is 0.801. The van der Waals surface area contributed by atoms with Crippen LogP contribution in [0, 0.1) is 0 Å². The lowest BCUT2D eigenvalue weighted by Crippen LogP contribution is -2.21. The van der Waals surface area contributed by atoms with E-state index in [1.54, 1.807) is 0 Å². The molecule has 0 aliphatic carbocycles. The van der Waals surface area contributed by atoms with Crippen LogP contribution >= 0.6 is 0 Å². The summed E-state index contributed by atoms with van der Waals surface area (Å²) in [5.41, 5.74) is 0.922. The minimum Gasteiger partial charge on any atom is -0.492 e. The number of hydrogen-bond acceptors (Lipinski definition) is 3. The number of benzene rings is 1. The van der Waals surface area contributed by atoms with Crippen molar-refractivity contribution in [3.8, 4) is 5.75 Å². The first kappa shape index (κ1) is 12.4. The van der Waals surface area contributed by atoms with Gasteiger partial charge in [0.2, 0.25) is 0 Å². The topological polar surface area (TPSA) is 49.8 Å². The van der Waals surface area contributed by atoms with Crippen LogP contribution in [0.15, 0.2) is 24.3 Å². The summed E-state index contributed by atoms with van der Waals surface area (Å²) in [6.45, 7) is 3.00. The maximum absolute atomic E-state index is 10.5. The van der Waals surface area contributed by atoms with E-state index in [4.69, 9.17) is 9.84 Å². The fourth-order valence-corrected chi connectivity index (χ4v) is 1.43. The molecule has 0 saturated carbocycles.